The zero-order chi connectivity index (χ0) is 70.3. The predicted molar refractivity (Wildman–Crippen MR) is 381 cm³/mol. The topological polar surface area (TPSA) is 263 Å². The van der Waals surface area contributed by atoms with E-state index >= 15 is 0 Å². The molecule has 10 aromatic rings. The number of aromatic carboxylic acids is 1. The van der Waals surface area contributed by atoms with Crippen molar-refractivity contribution in [2.75, 3.05) is 21.3 Å². The van der Waals surface area contributed by atoms with Crippen LogP contribution < -0.4 is 35.6 Å². The van der Waals surface area contributed by atoms with Crippen LogP contribution in [0, 0.1) is 13.8 Å². The van der Waals surface area contributed by atoms with E-state index in [-0.39, 0.29) is 29.6 Å². The summed E-state index contributed by atoms with van der Waals surface area (Å²) in [5, 5.41) is 36.6. The van der Waals surface area contributed by atoms with Crippen LogP contribution in [0.15, 0.2) is 199 Å². The smallest absolute Gasteiger partial charge is 0.488 e. The van der Waals surface area contributed by atoms with Crippen LogP contribution in [0.4, 0.5) is 9.59 Å². The molecule has 0 aliphatic heterocycles. The molecule has 0 aliphatic rings. The third-order valence-corrected chi connectivity index (χ3v) is 14.8. The molecule has 6 aromatic carbocycles. The number of ether oxygens (including phenoxy) is 5. The maximum Gasteiger partial charge on any atom is 0.488 e. The number of aryl methyl sites for hydroxylation is 2. The second-order valence-corrected chi connectivity index (χ2v) is 24.9. The van der Waals surface area contributed by atoms with E-state index < -0.39 is 36.5 Å². The van der Waals surface area contributed by atoms with Gasteiger partial charge in [0.1, 0.15) is 28.5 Å². The number of halogens is 1. The zero-order valence-corrected chi connectivity index (χ0v) is 58.1. The number of rotatable bonds is 14. The van der Waals surface area contributed by atoms with Crippen molar-refractivity contribution < 1.29 is 58.0 Å². The number of nitrogens with one attached hydrogen (secondary N) is 3. The van der Waals surface area contributed by atoms with Gasteiger partial charge >= 0.3 is 25.3 Å². The fourth-order valence-corrected chi connectivity index (χ4v) is 9.42. The number of hydrogen-bond donors (Lipinski definition) is 6. The summed E-state index contributed by atoms with van der Waals surface area (Å²) in [6, 6.07) is 57.0. The van der Waals surface area contributed by atoms with Crippen LogP contribution in [-0.2, 0) is 9.47 Å². The van der Waals surface area contributed by atoms with E-state index in [1.54, 1.807) is 83.1 Å². The van der Waals surface area contributed by atoms with Gasteiger partial charge in [-0.1, -0.05) is 113 Å². The number of methoxy groups -OCH3 is 3. The minimum atomic E-state index is -1.40. The number of nitrogens with zero attached hydrogens (tertiary/aromatic N) is 4. The summed E-state index contributed by atoms with van der Waals surface area (Å²) < 4.78 is 26.8. The Bertz CT molecular complexity index is 4150. The number of aromatic nitrogens is 4. The van der Waals surface area contributed by atoms with E-state index in [0.29, 0.717) is 39.5 Å². The Morgan fingerprint density at radius 1 is 0.469 bits per heavy atom. The number of carboxylic acids is 1. The first kappa shape index (κ1) is 74.8. The van der Waals surface area contributed by atoms with Gasteiger partial charge in [0, 0.05) is 27.6 Å². The molecule has 3 amide bonds. The minimum absolute atomic E-state index is 0.0713. The Morgan fingerprint density at radius 3 is 1.14 bits per heavy atom. The van der Waals surface area contributed by atoms with Crippen molar-refractivity contribution in [3.8, 4) is 39.5 Å². The van der Waals surface area contributed by atoms with Crippen LogP contribution in [0.3, 0.4) is 0 Å². The van der Waals surface area contributed by atoms with Gasteiger partial charge in [0.15, 0.2) is 11.3 Å². The van der Waals surface area contributed by atoms with Gasteiger partial charge in [-0.3, -0.25) is 4.79 Å². The van der Waals surface area contributed by atoms with Crippen molar-refractivity contribution in [2.45, 2.75) is 105 Å². The van der Waals surface area contributed by atoms with E-state index in [4.69, 9.17) is 38.8 Å². The Labute approximate surface area is 569 Å². The largest absolute Gasteiger partial charge is 0.497 e. The second-order valence-electron chi connectivity index (χ2n) is 24.0. The van der Waals surface area contributed by atoms with Crippen LogP contribution in [0.5, 0.6) is 17.2 Å². The highest BCUT2D eigenvalue weighted by Crippen LogP contribution is 2.27. The van der Waals surface area contributed by atoms with E-state index in [9.17, 15) is 19.2 Å². The van der Waals surface area contributed by atoms with Gasteiger partial charge in [-0.25, -0.2) is 34.3 Å². The van der Waals surface area contributed by atoms with Gasteiger partial charge in [0.25, 0.3) is 5.91 Å². The lowest BCUT2D eigenvalue weighted by Crippen LogP contribution is -2.34. The van der Waals surface area contributed by atoms with Crippen molar-refractivity contribution in [1.29, 1.82) is 0 Å². The molecule has 0 aliphatic carbocycles. The van der Waals surface area contributed by atoms with E-state index in [1.807, 2.05) is 197 Å². The third-order valence-electron chi connectivity index (χ3n) is 14.3. The molecule has 4 aromatic heterocycles. The summed E-state index contributed by atoms with van der Waals surface area (Å²) in [5.41, 5.74) is 10.2. The molecule has 96 heavy (non-hydrogen) atoms. The lowest BCUT2D eigenvalue weighted by atomic mass is 9.80. The van der Waals surface area contributed by atoms with E-state index in [0.717, 1.165) is 65.7 Å². The number of carbonyl (C=O) groups is 4. The first-order valence-electron chi connectivity index (χ1n) is 30.8. The molecule has 10 rings (SSSR count). The Balaban J connectivity index is 0.000000198. The zero-order valence-electron chi connectivity index (χ0n) is 56.5. The van der Waals surface area contributed by atoms with Crippen molar-refractivity contribution >= 4 is 74.6 Å². The Kier molecular flexibility index (Phi) is 27.5. The number of benzene rings is 6. The summed E-state index contributed by atoms with van der Waals surface area (Å²) in [6.45, 7) is 20.4. The van der Waals surface area contributed by atoms with Gasteiger partial charge in [0.05, 0.1) is 62.0 Å². The van der Waals surface area contributed by atoms with Crippen molar-refractivity contribution in [3.63, 3.8) is 0 Å². The summed E-state index contributed by atoms with van der Waals surface area (Å²) >= 11 is 3.37. The van der Waals surface area contributed by atoms with Crippen LogP contribution in [0.1, 0.15) is 129 Å². The van der Waals surface area contributed by atoms with Crippen LogP contribution >= 0.6 is 15.9 Å². The molecule has 0 radical (unpaired) electrons. The molecular weight excluding hydrogens is 1280 g/mol. The summed E-state index contributed by atoms with van der Waals surface area (Å²) in [6.07, 6.45) is 2.53. The lowest BCUT2D eigenvalue weighted by Gasteiger charge is -2.22. The number of amides is 3. The summed E-state index contributed by atoms with van der Waals surface area (Å²) in [5.74, 6) is 1.28. The monoisotopic (exact) mass is 1360 g/mol. The van der Waals surface area contributed by atoms with Gasteiger partial charge in [0.2, 0.25) is 0 Å². The molecular formula is C75H83BBrN7O12. The Hall–Kier alpha value is -10.2. The number of alkyl carbamates (subject to hydrolysis) is 2. The molecule has 0 saturated heterocycles. The Morgan fingerprint density at radius 2 is 0.792 bits per heavy atom. The highest BCUT2D eigenvalue weighted by Gasteiger charge is 2.21. The lowest BCUT2D eigenvalue weighted by molar-refractivity contribution is 0.0496. The standard InChI is InChI=1S/C25H23N3O2.C20H25NO3.C13H18BrNO2.C10H8N2O2.C7H9BO3/c1-16(18-6-8-19(9-7-18)20-10-12-22(30-3)13-11-20)28-25(29)23-15-21-5-4-14-26-24(21)27-17(23)2;1-14(21-19(22)24-20(2,3)4)15-6-8-16(9-7-15)17-10-12-18(23-5)13-11-17;1-9(10-5-7-11(14)8-6-10)15-12(16)17-13(2,3)4;1-6-8(10(13)14)5-7-3-2-4-11-9(7)12-6;1-11-7-4-2-6(3-5-7)8(9)10/h4-16H,1-3H3,(H,28,29);6-14H,1-5H3,(H,21,22);5-9H,1-4H3,(H,15,16);2-5H,1H3,(H,13,14);2-5,9-10H,1H3. The molecule has 0 spiro atoms. The van der Waals surface area contributed by atoms with E-state index in [2.05, 4.69) is 63.9 Å². The second kappa shape index (κ2) is 35.3. The van der Waals surface area contributed by atoms with Crippen LogP contribution in [-0.4, -0.2) is 98.8 Å². The first-order valence-corrected chi connectivity index (χ1v) is 31.5. The molecule has 19 nitrogen and oxygen atoms in total. The molecule has 6 N–H and O–H groups in total. The van der Waals surface area contributed by atoms with Gasteiger partial charge in [-0.2, -0.15) is 0 Å². The molecule has 4 heterocycles. The highest BCUT2D eigenvalue weighted by atomic mass is 79.9. The molecule has 0 saturated carbocycles. The maximum atomic E-state index is 12.9. The maximum absolute atomic E-state index is 12.9. The quantitative estimate of drug-likeness (QED) is 0.0553. The van der Waals surface area contributed by atoms with Gasteiger partial charge in [-0.05, 0) is 205 Å². The highest BCUT2D eigenvalue weighted by molar-refractivity contribution is 9.10. The molecule has 0 fully saturated rings. The number of fused-ring (bicyclic) bond motifs is 2. The summed E-state index contributed by atoms with van der Waals surface area (Å²) in [7, 11) is 3.47. The number of hydrogen-bond acceptors (Lipinski definition) is 15. The average molecular weight is 1370 g/mol. The molecule has 0 bridgehead atoms. The molecule has 3 unspecified atom stereocenters. The third kappa shape index (κ3) is 23.7. The molecule has 21 heteroatoms. The number of carbonyl (C=O) groups excluding carboxylic acids is 3. The fourth-order valence-electron chi connectivity index (χ4n) is 9.15. The average Bonchev–Trinajstić information content (AvgIpc) is 0.831. The van der Waals surface area contributed by atoms with Gasteiger partial charge < -0.3 is 54.8 Å². The van der Waals surface area contributed by atoms with Crippen LogP contribution in [0.25, 0.3) is 44.3 Å². The van der Waals surface area contributed by atoms with Crippen molar-refractivity contribution in [3.05, 3.63) is 238 Å². The number of pyridine rings is 4. The predicted octanol–water partition coefficient (Wildman–Crippen LogP) is 15.1. The number of carboxylic acid groups (broad SMARTS) is 1. The SMILES string of the molecule is CC(NC(=O)OC(C)(C)C)c1ccc(Br)cc1.COc1ccc(-c2ccc(C(C)NC(=O)OC(C)(C)C)cc2)cc1.COc1ccc(-c2ccc(C(C)NC(=O)c3cc4cccnc4nc3C)cc2)cc1.COc1ccc(B(O)O)cc1.Cc1nc2ncccc2cc1C(=O)O. The van der Waals surface area contributed by atoms with Crippen molar-refractivity contribution in [2.24, 2.45) is 0 Å². The minimum Gasteiger partial charge on any atom is -0.497 e. The summed E-state index contributed by atoms with van der Waals surface area (Å²) in [4.78, 5) is 63.9. The van der Waals surface area contributed by atoms with Crippen LogP contribution in [0.2, 0.25) is 0 Å². The van der Waals surface area contributed by atoms with E-state index in [1.165, 1.54) is 0 Å². The van der Waals surface area contributed by atoms with Crippen molar-refractivity contribution in [1.82, 2.24) is 35.9 Å². The first-order chi connectivity index (χ1) is 45.5. The normalized spacial score (nSPS) is 11.7. The molecule has 500 valence electrons. The fraction of sp³-hybridized carbons (Fsp3) is 0.253. The van der Waals surface area contributed by atoms with Gasteiger partial charge in [-0.15, -0.1) is 0 Å². The molecule has 3 atom stereocenters.